The maximum atomic E-state index is 11.6. The van der Waals surface area contributed by atoms with Crippen LogP contribution in [-0.4, -0.2) is 5.78 Å². The van der Waals surface area contributed by atoms with Crippen LogP contribution in [0.25, 0.3) is 0 Å². The molecule has 0 radical (unpaired) electrons. The topological polar surface area (TPSA) is 17.1 Å². The summed E-state index contributed by atoms with van der Waals surface area (Å²) < 4.78 is 0. The molecule has 2 rings (SSSR count). The van der Waals surface area contributed by atoms with Crippen LogP contribution in [-0.2, 0) is 4.79 Å². The van der Waals surface area contributed by atoms with E-state index < -0.39 is 0 Å². The highest BCUT2D eigenvalue weighted by Crippen LogP contribution is 2.53. The van der Waals surface area contributed by atoms with Gasteiger partial charge in [0.2, 0.25) is 0 Å². The van der Waals surface area contributed by atoms with Crippen LogP contribution in [0.5, 0.6) is 0 Å². The van der Waals surface area contributed by atoms with Gasteiger partial charge in [0.1, 0.15) is 0 Å². The standard InChI is InChI=1S/C16H22O/c1-5-13-8-12(11(2)3)9-14-10-15(17)6-7-16(13,14)4/h5,10,12-13H,1-2,6-9H2,3-4H3/t12-,13-,16+/m0/s1. The zero-order valence-electron chi connectivity index (χ0n) is 11.0. The lowest BCUT2D eigenvalue weighted by Crippen LogP contribution is -2.38. The second-order valence-corrected chi connectivity index (χ2v) is 5.88. The third kappa shape index (κ3) is 2.03. The highest BCUT2D eigenvalue weighted by Gasteiger charge is 2.43. The number of allylic oxidation sites excluding steroid dienone is 4. The van der Waals surface area contributed by atoms with Crippen molar-refractivity contribution in [3.8, 4) is 0 Å². The molecule has 0 amide bonds. The van der Waals surface area contributed by atoms with Gasteiger partial charge in [-0.1, -0.05) is 30.7 Å². The van der Waals surface area contributed by atoms with Gasteiger partial charge in [-0.3, -0.25) is 4.79 Å². The molecule has 0 saturated heterocycles. The minimum atomic E-state index is 0.168. The fourth-order valence-corrected chi connectivity index (χ4v) is 3.34. The molecule has 1 fully saturated rings. The van der Waals surface area contributed by atoms with Crippen LogP contribution < -0.4 is 0 Å². The predicted octanol–water partition coefficient (Wildman–Crippen LogP) is 4.07. The largest absolute Gasteiger partial charge is 0.295 e. The highest BCUT2D eigenvalue weighted by molar-refractivity contribution is 5.91. The quantitative estimate of drug-likeness (QED) is 0.653. The van der Waals surface area contributed by atoms with Crippen LogP contribution in [0.1, 0.15) is 39.5 Å². The van der Waals surface area contributed by atoms with Gasteiger partial charge < -0.3 is 0 Å². The van der Waals surface area contributed by atoms with Crippen LogP contribution in [0.2, 0.25) is 0 Å². The monoisotopic (exact) mass is 230 g/mol. The summed E-state index contributed by atoms with van der Waals surface area (Å²) >= 11 is 0. The molecule has 3 atom stereocenters. The van der Waals surface area contributed by atoms with Crippen LogP contribution in [0, 0.1) is 17.3 Å². The molecule has 92 valence electrons. The normalized spacial score (nSPS) is 37.1. The summed E-state index contributed by atoms with van der Waals surface area (Å²) in [6.45, 7) is 12.5. The molecule has 0 aliphatic heterocycles. The molecule has 0 aromatic rings. The zero-order valence-corrected chi connectivity index (χ0v) is 11.0. The first-order valence-electron chi connectivity index (χ1n) is 6.49. The van der Waals surface area contributed by atoms with Gasteiger partial charge in [-0.05, 0) is 49.5 Å². The van der Waals surface area contributed by atoms with Gasteiger partial charge in [-0.25, -0.2) is 0 Å². The molecule has 1 heteroatoms. The average Bonchev–Trinajstić information content (AvgIpc) is 2.28. The molecule has 1 nitrogen and oxygen atoms in total. The van der Waals surface area contributed by atoms with E-state index in [4.69, 9.17) is 0 Å². The van der Waals surface area contributed by atoms with Gasteiger partial charge in [0.05, 0.1) is 0 Å². The van der Waals surface area contributed by atoms with E-state index in [9.17, 15) is 4.79 Å². The number of hydrogen-bond donors (Lipinski definition) is 0. The summed E-state index contributed by atoms with van der Waals surface area (Å²) in [6, 6.07) is 0. The lowest BCUT2D eigenvalue weighted by Gasteiger charge is -2.47. The van der Waals surface area contributed by atoms with E-state index in [1.54, 1.807) is 0 Å². The number of rotatable bonds is 2. The van der Waals surface area contributed by atoms with Crippen molar-refractivity contribution in [1.82, 2.24) is 0 Å². The first-order chi connectivity index (χ1) is 7.97. The van der Waals surface area contributed by atoms with Crippen LogP contribution in [0.4, 0.5) is 0 Å². The summed E-state index contributed by atoms with van der Waals surface area (Å²) in [4.78, 5) is 11.6. The molecule has 17 heavy (non-hydrogen) atoms. The van der Waals surface area contributed by atoms with E-state index in [-0.39, 0.29) is 5.41 Å². The summed E-state index contributed by atoms with van der Waals surface area (Å²) in [5.41, 5.74) is 2.73. The Balaban J connectivity index is 2.37. The highest BCUT2D eigenvalue weighted by atomic mass is 16.1. The van der Waals surface area contributed by atoms with Crippen molar-refractivity contribution < 1.29 is 4.79 Å². The molecule has 0 aromatic carbocycles. The van der Waals surface area contributed by atoms with Gasteiger partial charge in [0.15, 0.2) is 5.78 Å². The second-order valence-electron chi connectivity index (χ2n) is 5.88. The molecule has 0 aromatic heterocycles. The van der Waals surface area contributed by atoms with E-state index in [0.717, 1.165) is 19.3 Å². The number of carbonyl (C=O) groups is 1. The maximum Gasteiger partial charge on any atom is 0.155 e. The molecular formula is C16H22O. The summed E-state index contributed by atoms with van der Waals surface area (Å²) in [7, 11) is 0. The Morgan fingerprint density at radius 3 is 2.88 bits per heavy atom. The van der Waals surface area contributed by atoms with Crippen molar-refractivity contribution >= 4 is 5.78 Å². The Bertz CT molecular complexity index is 402. The maximum absolute atomic E-state index is 11.6. The van der Waals surface area contributed by atoms with E-state index in [0.29, 0.717) is 24.0 Å². The predicted molar refractivity (Wildman–Crippen MR) is 71.7 cm³/mol. The third-order valence-electron chi connectivity index (χ3n) is 4.76. The number of carbonyl (C=O) groups excluding carboxylic acids is 1. The Morgan fingerprint density at radius 2 is 2.29 bits per heavy atom. The lowest BCUT2D eigenvalue weighted by molar-refractivity contribution is -0.116. The van der Waals surface area contributed by atoms with Gasteiger partial charge in [0, 0.05) is 6.42 Å². The molecule has 0 bridgehead atoms. The van der Waals surface area contributed by atoms with E-state index in [1.807, 2.05) is 6.08 Å². The SMILES string of the molecule is C=C[C@H]1C[C@H](C(=C)C)CC2=CC(=O)CC[C@@]21C. The molecule has 1 saturated carbocycles. The minimum absolute atomic E-state index is 0.168. The first kappa shape index (κ1) is 12.3. The van der Waals surface area contributed by atoms with Gasteiger partial charge in [-0.2, -0.15) is 0 Å². The smallest absolute Gasteiger partial charge is 0.155 e. The van der Waals surface area contributed by atoms with Crippen molar-refractivity contribution in [1.29, 1.82) is 0 Å². The average molecular weight is 230 g/mol. The van der Waals surface area contributed by atoms with Crippen molar-refractivity contribution in [2.75, 3.05) is 0 Å². The first-order valence-corrected chi connectivity index (χ1v) is 6.49. The number of fused-ring (bicyclic) bond motifs is 1. The van der Waals surface area contributed by atoms with Crippen molar-refractivity contribution in [2.24, 2.45) is 17.3 Å². The van der Waals surface area contributed by atoms with Gasteiger partial charge >= 0.3 is 0 Å². The molecule has 2 aliphatic carbocycles. The summed E-state index contributed by atoms with van der Waals surface area (Å²) in [5.74, 6) is 1.29. The summed E-state index contributed by atoms with van der Waals surface area (Å²) in [6.07, 6.45) is 7.82. The third-order valence-corrected chi connectivity index (χ3v) is 4.76. The van der Waals surface area contributed by atoms with Crippen LogP contribution in [0.15, 0.2) is 36.5 Å². The zero-order chi connectivity index (χ0) is 12.6. The van der Waals surface area contributed by atoms with E-state index in [1.165, 1.54) is 11.1 Å². The summed E-state index contributed by atoms with van der Waals surface area (Å²) in [5, 5.41) is 0. The molecule has 0 spiro atoms. The molecule has 0 heterocycles. The van der Waals surface area contributed by atoms with Crippen LogP contribution in [0.3, 0.4) is 0 Å². The molecule has 0 N–H and O–H groups in total. The molecule has 0 unspecified atom stereocenters. The molecular weight excluding hydrogens is 208 g/mol. The second kappa shape index (κ2) is 4.29. The van der Waals surface area contributed by atoms with Crippen molar-refractivity contribution in [3.05, 3.63) is 36.5 Å². The van der Waals surface area contributed by atoms with Crippen molar-refractivity contribution in [3.63, 3.8) is 0 Å². The van der Waals surface area contributed by atoms with Gasteiger partial charge in [0.25, 0.3) is 0 Å². The van der Waals surface area contributed by atoms with E-state index in [2.05, 4.69) is 33.1 Å². The van der Waals surface area contributed by atoms with Crippen LogP contribution >= 0.6 is 0 Å². The number of hydrogen-bond acceptors (Lipinski definition) is 1. The fraction of sp³-hybridized carbons (Fsp3) is 0.562. The Kier molecular flexibility index (Phi) is 3.11. The Labute approximate surface area is 104 Å². The van der Waals surface area contributed by atoms with Crippen molar-refractivity contribution in [2.45, 2.75) is 39.5 Å². The lowest BCUT2D eigenvalue weighted by atomic mass is 9.57. The van der Waals surface area contributed by atoms with E-state index >= 15 is 0 Å². The molecule has 2 aliphatic rings. The Hall–Kier alpha value is -1.11. The fourth-order valence-electron chi connectivity index (χ4n) is 3.34. The van der Waals surface area contributed by atoms with Gasteiger partial charge in [-0.15, -0.1) is 6.58 Å². The Morgan fingerprint density at radius 1 is 1.59 bits per heavy atom. The number of ketones is 1. The minimum Gasteiger partial charge on any atom is -0.295 e.